The molecule has 1 aromatic carbocycles. The van der Waals surface area contributed by atoms with Gasteiger partial charge in [0, 0.05) is 45.4 Å². The van der Waals surface area contributed by atoms with Crippen molar-refractivity contribution in [1.29, 1.82) is 0 Å². The molecule has 0 radical (unpaired) electrons. The summed E-state index contributed by atoms with van der Waals surface area (Å²) in [5.41, 5.74) is -0.162. The summed E-state index contributed by atoms with van der Waals surface area (Å²) in [7, 11) is 7.10. The van der Waals surface area contributed by atoms with Crippen LogP contribution >= 0.6 is 0 Å². The Morgan fingerprint density at radius 3 is 2.56 bits per heavy atom. The van der Waals surface area contributed by atoms with Gasteiger partial charge in [0.2, 0.25) is 17.6 Å². The van der Waals surface area contributed by atoms with Gasteiger partial charge in [0.25, 0.3) is 0 Å². The molecule has 3 aliphatic heterocycles. The van der Waals surface area contributed by atoms with Gasteiger partial charge in [0.05, 0.1) is 32.1 Å². The maximum absolute atomic E-state index is 13.2. The minimum Gasteiger partial charge on any atom is -0.493 e. The lowest BCUT2D eigenvalue weighted by molar-refractivity contribution is -0.139. The Hall–Kier alpha value is -2.81. The van der Waals surface area contributed by atoms with Crippen molar-refractivity contribution in [3.8, 4) is 17.2 Å². The van der Waals surface area contributed by atoms with Crippen molar-refractivity contribution in [2.24, 2.45) is 5.92 Å². The summed E-state index contributed by atoms with van der Waals surface area (Å²) in [4.78, 5) is 44.3. The first kappa shape index (κ1) is 24.3. The van der Waals surface area contributed by atoms with Gasteiger partial charge in [-0.3, -0.25) is 14.4 Å². The van der Waals surface area contributed by atoms with Crippen LogP contribution in [0.1, 0.15) is 42.5 Å². The highest BCUT2D eigenvalue weighted by Gasteiger charge is 2.46. The van der Waals surface area contributed by atoms with Crippen molar-refractivity contribution in [2.75, 3.05) is 61.0 Å². The van der Waals surface area contributed by atoms with E-state index in [0.717, 1.165) is 13.0 Å². The van der Waals surface area contributed by atoms with Crippen LogP contribution in [0.2, 0.25) is 0 Å². The first-order valence-electron chi connectivity index (χ1n) is 12.0. The summed E-state index contributed by atoms with van der Waals surface area (Å²) in [6.07, 6.45) is 2.56. The number of fused-ring (bicyclic) bond motifs is 1. The second-order valence-corrected chi connectivity index (χ2v) is 9.79. The van der Waals surface area contributed by atoms with Crippen molar-refractivity contribution in [2.45, 2.75) is 37.7 Å². The molecule has 9 heteroatoms. The lowest BCUT2D eigenvalue weighted by Crippen LogP contribution is -2.53. The number of methoxy groups -OCH3 is 2. The van der Waals surface area contributed by atoms with E-state index in [9.17, 15) is 14.4 Å². The van der Waals surface area contributed by atoms with Gasteiger partial charge < -0.3 is 28.9 Å². The van der Waals surface area contributed by atoms with Crippen LogP contribution in [-0.4, -0.2) is 98.9 Å². The number of hydrogen-bond acceptors (Lipinski definition) is 7. The van der Waals surface area contributed by atoms with Gasteiger partial charge in [-0.25, -0.2) is 0 Å². The standard InChI is InChI=1S/C25H35N3O6/c1-26(2)10-5-11-28-16-17(14-21(28)30)24(31)27-12-8-25(9-13-27)15-19(29)18-6-7-20(32-3)23(33-4)22(18)34-25/h6-7,17H,5,8-16H2,1-4H3. The van der Waals surface area contributed by atoms with Gasteiger partial charge in [0.1, 0.15) is 5.60 Å². The van der Waals surface area contributed by atoms with Gasteiger partial charge in [-0.15, -0.1) is 0 Å². The maximum atomic E-state index is 13.2. The Morgan fingerprint density at radius 1 is 1.18 bits per heavy atom. The molecule has 0 N–H and O–H groups in total. The molecule has 1 atom stereocenters. The fourth-order valence-corrected chi connectivity index (χ4v) is 5.26. The summed E-state index contributed by atoms with van der Waals surface area (Å²) in [5.74, 6) is 1.17. The van der Waals surface area contributed by atoms with Crippen LogP contribution in [-0.2, 0) is 9.59 Å². The molecular weight excluding hydrogens is 438 g/mol. The molecule has 9 nitrogen and oxygen atoms in total. The summed E-state index contributed by atoms with van der Waals surface area (Å²) >= 11 is 0. The van der Waals surface area contributed by atoms with Crippen molar-refractivity contribution in [3.05, 3.63) is 17.7 Å². The van der Waals surface area contributed by atoms with E-state index in [1.165, 1.54) is 7.11 Å². The third kappa shape index (κ3) is 4.71. The van der Waals surface area contributed by atoms with Crippen LogP contribution in [0.15, 0.2) is 12.1 Å². The molecule has 0 bridgehead atoms. The molecule has 34 heavy (non-hydrogen) atoms. The topological polar surface area (TPSA) is 88.6 Å². The Kier molecular flexibility index (Phi) is 7.02. The van der Waals surface area contributed by atoms with Gasteiger partial charge in [0.15, 0.2) is 17.3 Å². The number of piperidine rings is 1. The normalized spacial score (nSPS) is 21.6. The zero-order valence-corrected chi connectivity index (χ0v) is 20.6. The largest absolute Gasteiger partial charge is 0.493 e. The lowest BCUT2D eigenvalue weighted by atomic mass is 9.82. The molecule has 0 saturated carbocycles. The van der Waals surface area contributed by atoms with Crippen LogP contribution in [0.3, 0.4) is 0 Å². The molecule has 2 amide bonds. The maximum Gasteiger partial charge on any atom is 0.227 e. The summed E-state index contributed by atoms with van der Waals surface area (Å²) in [6.45, 7) is 3.09. The van der Waals surface area contributed by atoms with E-state index in [1.54, 1.807) is 19.2 Å². The smallest absolute Gasteiger partial charge is 0.227 e. The number of ether oxygens (including phenoxy) is 3. The number of carbonyl (C=O) groups excluding carboxylic acids is 3. The van der Waals surface area contributed by atoms with Crippen molar-refractivity contribution >= 4 is 17.6 Å². The van der Waals surface area contributed by atoms with E-state index < -0.39 is 5.60 Å². The first-order chi connectivity index (χ1) is 16.3. The number of rotatable bonds is 7. The lowest BCUT2D eigenvalue weighted by Gasteiger charge is -2.44. The highest BCUT2D eigenvalue weighted by molar-refractivity contribution is 6.01. The number of carbonyl (C=O) groups is 3. The molecular formula is C25H35N3O6. The second kappa shape index (κ2) is 9.82. The Balaban J connectivity index is 1.38. The Labute approximate surface area is 200 Å². The molecule has 1 spiro atoms. The minimum atomic E-state index is -0.662. The van der Waals surface area contributed by atoms with E-state index in [4.69, 9.17) is 14.2 Å². The Bertz CT molecular complexity index is 954. The molecule has 3 aliphatic rings. The SMILES string of the molecule is COc1ccc2c(c1OC)OC1(CCN(C(=O)C3CC(=O)N(CCCN(C)C)C3)CC1)CC2=O. The van der Waals surface area contributed by atoms with Crippen LogP contribution in [0.25, 0.3) is 0 Å². The van der Waals surface area contributed by atoms with Crippen molar-refractivity contribution in [3.63, 3.8) is 0 Å². The number of hydrogen-bond donors (Lipinski definition) is 0. The summed E-state index contributed by atoms with van der Waals surface area (Å²) < 4.78 is 17.3. The quantitative estimate of drug-likeness (QED) is 0.597. The third-order valence-corrected chi connectivity index (χ3v) is 7.19. The van der Waals surface area contributed by atoms with Gasteiger partial charge >= 0.3 is 0 Å². The van der Waals surface area contributed by atoms with Crippen LogP contribution in [0, 0.1) is 5.92 Å². The minimum absolute atomic E-state index is 0.0109. The highest BCUT2D eigenvalue weighted by atomic mass is 16.5. The highest BCUT2D eigenvalue weighted by Crippen LogP contribution is 2.48. The molecule has 3 heterocycles. The first-order valence-corrected chi connectivity index (χ1v) is 12.0. The van der Waals surface area contributed by atoms with Crippen LogP contribution in [0.5, 0.6) is 17.2 Å². The van der Waals surface area contributed by atoms with E-state index in [2.05, 4.69) is 4.90 Å². The molecule has 2 fully saturated rings. The van der Waals surface area contributed by atoms with E-state index in [-0.39, 0.29) is 36.4 Å². The van der Waals surface area contributed by atoms with Crippen LogP contribution < -0.4 is 14.2 Å². The third-order valence-electron chi connectivity index (χ3n) is 7.19. The molecule has 0 aromatic heterocycles. The number of benzene rings is 1. The molecule has 2 saturated heterocycles. The number of Topliss-reactive ketones (excluding diaryl/α,β-unsaturated/α-hetero) is 1. The molecule has 1 aromatic rings. The van der Waals surface area contributed by atoms with Gasteiger partial charge in [-0.1, -0.05) is 0 Å². The molecule has 1 unspecified atom stereocenters. The van der Waals surface area contributed by atoms with Gasteiger partial charge in [-0.05, 0) is 39.2 Å². The number of likely N-dealkylation sites (tertiary alicyclic amines) is 2. The Morgan fingerprint density at radius 2 is 1.91 bits per heavy atom. The fraction of sp³-hybridized carbons (Fsp3) is 0.640. The average molecular weight is 474 g/mol. The van der Waals surface area contributed by atoms with Gasteiger partial charge in [-0.2, -0.15) is 0 Å². The second-order valence-electron chi connectivity index (χ2n) is 9.79. The molecule has 4 rings (SSSR count). The van der Waals surface area contributed by atoms with E-state index in [1.807, 2.05) is 23.9 Å². The molecule has 186 valence electrons. The zero-order valence-electron chi connectivity index (χ0n) is 20.6. The molecule has 0 aliphatic carbocycles. The number of ketones is 1. The monoisotopic (exact) mass is 473 g/mol. The summed E-state index contributed by atoms with van der Waals surface area (Å²) in [5, 5.41) is 0. The van der Waals surface area contributed by atoms with Crippen molar-refractivity contribution in [1.82, 2.24) is 14.7 Å². The fourth-order valence-electron chi connectivity index (χ4n) is 5.26. The summed E-state index contributed by atoms with van der Waals surface area (Å²) in [6, 6.07) is 3.43. The predicted molar refractivity (Wildman–Crippen MR) is 126 cm³/mol. The van der Waals surface area contributed by atoms with E-state index >= 15 is 0 Å². The number of nitrogens with zero attached hydrogens (tertiary/aromatic N) is 3. The van der Waals surface area contributed by atoms with Crippen molar-refractivity contribution < 1.29 is 28.6 Å². The van der Waals surface area contributed by atoms with Crippen LogP contribution in [0.4, 0.5) is 0 Å². The zero-order chi connectivity index (χ0) is 24.5. The number of amides is 2. The predicted octanol–water partition coefficient (Wildman–Crippen LogP) is 1.83. The average Bonchev–Trinajstić information content (AvgIpc) is 3.18. The van der Waals surface area contributed by atoms with E-state index in [0.29, 0.717) is 61.8 Å².